The van der Waals surface area contributed by atoms with Crippen LogP contribution in [-0.2, 0) is 6.42 Å². The molecule has 2 aromatic carbocycles. The number of methoxy groups -OCH3 is 1. The molecule has 106 valence electrons. The third kappa shape index (κ3) is 3.16. The van der Waals surface area contributed by atoms with Crippen molar-refractivity contribution in [1.29, 1.82) is 0 Å². The summed E-state index contributed by atoms with van der Waals surface area (Å²) < 4.78 is 32.6. The van der Waals surface area contributed by atoms with Gasteiger partial charge in [-0.2, -0.15) is 0 Å². The summed E-state index contributed by atoms with van der Waals surface area (Å²) in [4.78, 5) is 0. The third-order valence-corrected chi connectivity index (χ3v) is 3.61. The van der Waals surface area contributed by atoms with Crippen LogP contribution in [0.5, 0.6) is 5.75 Å². The van der Waals surface area contributed by atoms with Crippen molar-refractivity contribution in [3.8, 4) is 5.75 Å². The summed E-state index contributed by atoms with van der Waals surface area (Å²) in [5, 5.41) is 10.0. The molecule has 0 saturated heterocycles. The molecule has 20 heavy (non-hydrogen) atoms. The van der Waals surface area contributed by atoms with E-state index >= 15 is 0 Å². The Morgan fingerprint density at radius 3 is 2.65 bits per heavy atom. The molecule has 1 unspecified atom stereocenters. The Hall–Kier alpha value is -1.46. The van der Waals surface area contributed by atoms with Gasteiger partial charge >= 0.3 is 0 Å². The molecule has 5 heteroatoms. The smallest absolute Gasteiger partial charge is 0.164 e. The Bertz CT molecular complexity index is 617. The fourth-order valence-corrected chi connectivity index (χ4v) is 2.54. The van der Waals surface area contributed by atoms with Crippen LogP contribution in [0.3, 0.4) is 0 Å². The largest absolute Gasteiger partial charge is 0.496 e. The molecule has 2 nitrogen and oxygen atoms in total. The van der Waals surface area contributed by atoms with E-state index in [-0.39, 0.29) is 12.0 Å². The second-order valence-corrected chi connectivity index (χ2v) is 5.19. The second kappa shape index (κ2) is 6.33. The first kappa shape index (κ1) is 14.9. The van der Waals surface area contributed by atoms with Gasteiger partial charge in [0.15, 0.2) is 11.6 Å². The van der Waals surface area contributed by atoms with Crippen molar-refractivity contribution < 1.29 is 18.6 Å². The van der Waals surface area contributed by atoms with E-state index in [0.29, 0.717) is 5.75 Å². The van der Waals surface area contributed by atoms with Gasteiger partial charge in [-0.05, 0) is 39.7 Å². The molecular formula is C15H13BrF2O2. The average Bonchev–Trinajstić information content (AvgIpc) is 2.42. The Kier molecular flexibility index (Phi) is 4.73. The first-order chi connectivity index (χ1) is 9.52. The lowest BCUT2D eigenvalue weighted by Crippen LogP contribution is -2.06. The molecule has 0 aromatic heterocycles. The number of benzene rings is 2. The Labute approximate surface area is 124 Å². The maximum atomic E-state index is 13.6. The molecule has 1 atom stereocenters. The maximum absolute atomic E-state index is 13.6. The molecule has 0 bridgehead atoms. The minimum atomic E-state index is -1.11. The topological polar surface area (TPSA) is 29.5 Å². The standard InChI is InChI=1S/C15H13BrF2O2/c1-20-14-6-5-9(7-11(14)16)8-13(19)10-3-2-4-12(17)15(10)18/h2-7,13,19H,8H2,1H3. The first-order valence-corrected chi connectivity index (χ1v) is 6.76. The highest BCUT2D eigenvalue weighted by Gasteiger charge is 2.16. The maximum Gasteiger partial charge on any atom is 0.164 e. The van der Waals surface area contributed by atoms with Crippen molar-refractivity contribution >= 4 is 15.9 Å². The van der Waals surface area contributed by atoms with Crippen LogP contribution in [0.25, 0.3) is 0 Å². The zero-order valence-electron chi connectivity index (χ0n) is 10.7. The van der Waals surface area contributed by atoms with Crippen molar-refractivity contribution in [3.05, 3.63) is 63.6 Å². The highest BCUT2D eigenvalue weighted by Crippen LogP contribution is 2.28. The molecule has 0 aliphatic heterocycles. The summed E-state index contributed by atoms with van der Waals surface area (Å²) in [6.45, 7) is 0. The summed E-state index contributed by atoms with van der Waals surface area (Å²) in [6.07, 6.45) is -0.922. The van der Waals surface area contributed by atoms with Gasteiger partial charge in [-0.15, -0.1) is 0 Å². The van der Waals surface area contributed by atoms with Crippen LogP contribution in [0, 0.1) is 11.6 Å². The molecule has 0 saturated carbocycles. The van der Waals surface area contributed by atoms with Crippen molar-refractivity contribution in [1.82, 2.24) is 0 Å². The first-order valence-electron chi connectivity index (χ1n) is 5.97. The normalized spacial score (nSPS) is 12.2. The Balaban J connectivity index is 2.21. The van der Waals surface area contributed by atoms with E-state index in [1.54, 1.807) is 25.3 Å². The van der Waals surface area contributed by atoms with Crippen molar-refractivity contribution in [2.75, 3.05) is 7.11 Å². The number of hydrogen-bond donors (Lipinski definition) is 1. The quantitative estimate of drug-likeness (QED) is 0.909. The SMILES string of the molecule is COc1ccc(CC(O)c2cccc(F)c2F)cc1Br. The fraction of sp³-hybridized carbons (Fsp3) is 0.200. The average molecular weight is 343 g/mol. The highest BCUT2D eigenvalue weighted by molar-refractivity contribution is 9.10. The number of ether oxygens (including phenoxy) is 1. The van der Waals surface area contributed by atoms with E-state index in [1.165, 1.54) is 12.1 Å². The van der Waals surface area contributed by atoms with Gasteiger partial charge in [-0.1, -0.05) is 18.2 Å². The van der Waals surface area contributed by atoms with Crippen molar-refractivity contribution in [2.45, 2.75) is 12.5 Å². The zero-order valence-corrected chi connectivity index (χ0v) is 12.3. The minimum absolute atomic E-state index is 0.0445. The van der Waals surface area contributed by atoms with Gasteiger partial charge in [0.1, 0.15) is 5.75 Å². The van der Waals surface area contributed by atoms with E-state index in [9.17, 15) is 13.9 Å². The summed E-state index contributed by atoms with van der Waals surface area (Å²) in [5.41, 5.74) is 0.741. The molecule has 0 amide bonds. The molecule has 0 heterocycles. The van der Waals surface area contributed by atoms with E-state index in [0.717, 1.165) is 16.1 Å². The van der Waals surface area contributed by atoms with Crippen LogP contribution in [0.4, 0.5) is 8.78 Å². The fourth-order valence-electron chi connectivity index (χ4n) is 1.95. The minimum Gasteiger partial charge on any atom is -0.496 e. The summed E-state index contributed by atoms with van der Waals surface area (Å²) >= 11 is 3.34. The summed E-state index contributed by atoms with van der Waals surface area (Å²) in [7, 11) is 1.55. The molecule has 0 radical (unpaired) electrons. The third-order valence-electron chi connectivity index (χ3n) is 2.99. The van der Waals surface area contributed by atoms with Gasteiger partial charge in [-0.3, -0.25) is 0 Å². The molecule has 2 aromatic rings. The lowest BCUT2D eigenvalue weighted by Gasteiger charge is -2.13. The van der Waals surface area contributed by atoms with Gasteiger partial charge in [0.2, 0.25) is 0 Å². The molecular weight excluding hydrogens is 330 g/mol. The van der Waals surface area contributed by atoms with Crippen LogP contribution < -0.4 is 4.74 Å². The Morgan fingerprint density at radius 1 is 1.25 bits per heavy atom. The van der Waals surface area contributed by atoms with E-state index in [1.807, 2.05) is 0 Å². The molecule has 0 aliphatic carbocycles. The Morgan fingerprint density at radius 2 is 2.00 bits per heavy atom. The van der Waals surface area contributed by atoms with Gasteiger partial charge in [0.25, 0.3) is 0 Å². The second-order valence-electron chi connectivity index (χ2n) is 4.33. The molecule has 2 rings (SSSR count). The van der Waals surface area contributed by atoms with E-state index in [2.05, 4.69) is 15.9 Å². The van der Waals surface area contributed by atoms with Crippen molar-refractivity contribution in [2.24, 2.45) is 0 Å². The number of aliphatic hydroxyl groups excluding tert-OH is 1. The summed E-state index contributed by atoms with van der Waals surface area (Å²) in [6, 6.07) is 9.06. The summed E-state index contributed by atoms with van der Waals surface area (Å²) in [5.74, 6) is -1.30. The van der Waals surface area contributed by atoms with Crippen LogP contribution in [-0.4, -0.2) is 12.2 Å². The molecule has 0 fully saturated rings. The number of aliphatic hydroxyl groups is 1. The molecule has 1 N–H and O–H groups in total. The number of hydrogen-bond acceptors (Lipinski definition) is 2. The van der Waals surface area contributed by atoms with Gasteiger partial charge < -0.3 is 9.84 Å². The van der Waals surface area contributed by atoms with Crippen LogP contribution in [0.15, 0.2) is 40.9 Å². The van der Waals surface area contributed by atoms with Gasteiger partial charge in [0.05, 0.1) is 17.7 Å². The highest BCUT2D eigenvalue weighted by atomic mass is 79.9. The zero-order chi connectivity index (χ0) is 14.7. The van der Waals surface area contributed by atoms with Crippen LogP contribution in [0.2, 0.25) is 0 Å². The lowest BCUT2D eigenvalue weighted by atomic mass is 10.0. The lowest BCUT2D eigenvalue weighted by molar-refractivity contribution is 0.172. The molecule has 0 spiro atoms. The van der Waals surface area contributed by atoms with E-state index in [4.69, 9.17) is 4.74 Å². The number of halogens is 3. The predicted molar refractivity (Wildman–Crippen MR) is 75.7 cm³/mol. The van der Waals surface area contributed by atoms with Crippen LogP contribution >= 0.6 is 15.9 Å². The van der Waals surface area contributed by atoms with E-state index < -0.39 is 17.7 Å². The van der Waals surface area contributed by atoms with Gasteiger partial charge in [0, 0.05) is 12.0 Å². The van der Waals surface area contributed by atoms with Crippen LogP contribution in [0.1, 0.15) is 17.2 Å². The van der Waals surface area contributed by atoms with Gasteiger partial charge in [-0.25, -0.2) is 8.78 Å². The number of rotatable bonds is 4. The monoisotopic (exact) mass is 342 g/mol. The molecule has 0 aliphatic rings. The predicted octanol–water partition coefficient (Wildman–Crippen LogP) is 4.01. The van der Waals surface area contributed by atoms with Crippen molar-refractivity contribution in [3.63, 3.8) is 0 Å².